The molecule has 2 bridgehead atoms. The van der Waals surface area contributed by atoms with E-state index in [1.807, 2.05) is 4.90 Å². The van der Waals surface area contributed by atoms with Crippen molar-refractivity contribution in [1.82, 2.24) is 9.97 Å². The van der Waals surface area contributed by atoms with Crippen LogP contribution in [0, 0.1) is 0 Å². The number of anilines is 3. The number of aromatic nitrogens is 2. The monoisotopic (exact) mass is 545 g/mol. The number of urea groups is 1. The van der Waals surface area contributed by atoms with Crippen LogP contribution in [0.3, 0.4) is 0 Å². The molecule has 40 heavy (non-hydrogen) atoms. The lowest BCUT2D eigenvalue weighted by Crippen LogP contribution is -2.52. The molecule has 2 aliphatic rings. The lowest BCUT2D eigenvalue weighted by Gasteiger charge is -2.36. The summed E-state index contributed by atoms with van der Waals surface area (Å²) >= 11 is 0. The Bertz CT molecular complexity index is 1570. The van der Waals surface area contributed by atoms with Gasteiger partial charge in [-0.15, -0.1) is 0 Å². The lowest BCUT2D eigenvalue weighted by atomic mass is 10.1. The molecule has 2 atom stereocenters. The molecule has 2 aromatic heterocycles. The number of amides is 2. The number of benzene rings is 2. The quantitative estimate of drug-likeness (QED) is 0.335. The molecule has 0 aliphatic carbocycles. The molecule has 1 fully saturated rings. The molecule has 1 N–H and O–H groups in total. The summed E-state index contributed by atoms with van der Waals surface area (Å²) in [6, 6.07) is 20.6. The van der Waals surface area contributed by atoms with E-state index in [0.29, 0.717) is 30.2 Å². The molecule has 1 saturated heterocycles. The molecule has 11 heteroatoms. The SMILES string of the molecule is O=C(O[C@@H]1CN2C[C@@H]1N(C(=O)Nc1ccccn1)c1nc(-c3cccc(C(F)(F)F)c3)ccc12)c1ccccc1. The van der Waals surface area contributed by atoms with Gasteiger partial charge in [-0.3, -0.25) is 10.2 Å². The van der Waals surface area contributed by atoms with E-state index < -0.39 is 35.9 Å². The summed E-state index contributed by atoms with van der Waals surface area (Å²) in [5.74, 6) is 0.0327. The van der Waals surface area contributed by atoms with E-state index >= 15 is 0 Å². The number of carbonyl (C=O) groups excluding carboxylic acids is 2. The van der Waals surface area contributed by atoms with Crippen LogP contribution in [0.4, 0.5) is 35.3 Å². The van der Waals surface area contributed by atoms with Crippen LogP contribution < -0.4 is 15.1 Å². The summed E-state index contributed by atoms with van der Waals surface area (Å²) in [5.41, 5.74) is 0.696. The molecule has 2 aliphatic heterocycles. The number of hydrogen-bond donors (Lipinski definition) is 1. The van der Waals surface area contributed by atoms with Gasteiger partial charge < -0.3 is 9.64 Å². The normalized spacial score (nSPS) is 17.8. The Labute approximate surface area is 227 Å². The first kappa shape index (κ1) is 25.4. The number of carbonyl (C=O) groups is 2. The zero-order valence-corrected chi connectivity index (χ0v) is 20.9. The minimum absolute atomic E-state index is 0.248. The molecule has 0 unspecified atom stereocenters. The van der Waals surface area contributed by atoms with Crippen LogP contribution in [0.2, 0.25) is 0 Å². The van der Waals surface area contributed by atoms with Gasteiger partial charge in [0.15, 0.2) is 5.82 Å². The number of alkyl halides is 3. The van der Waals surface area contributed by atoms with Gasteiger partial charge in [0.2, 0.25) is 0 Å². The maximum Gasteiger partial charge on any atom is 0.416 e. The van der Waals surface area contributed by atoms with Gasteiger partial charge in [0.25, 0.3) is 0 Å². The molecule has 4 heterocycles. The minimum atomic E-state index is -4.51. The number of ether oxygens (including phenoxy) is 1. The Morgan fingerprint density at radius 3 is 2.48 bits per heavy atom. The number of fused-ring (bicyclic) bond motifs is 4. The summed E-state index contributed by atoms with van der Waals surface area (Å²) in [6.45, 7) is 0.689. The van der Waals surface area contributed by atoms with Crippen LogP contribution in [0.5, 0.6) is 0 Å². The smallest absolute Gasteiger partial charge is 0.416 e. The lowest BCUT2D eigenvalue weighted by molar-refractivity contribution is -0.137. The first-order valence-corrected chi connectivity index (χ1v) is 12.5. The second-order valence-electron chi connectivity index (χ2n) is 9.42. The highest BCUT2D eigenvalue weighted by molar-refractivity contribution is 6.04. The van der Waals surface area contributed by atoms with E-state index in [9.17, 15) is 22.8 Å². The van der Waals surface area contributed by atoms with Crippen molar-refractivity contribution in [3.05, 3.63) is 102 Å². The fraction of sp³-hybridized carbons (Fsp3) is 0.172. The van der Waals surface area contributed by atoms with Crippen molar-refractivity contribution in [3.63, 3.8) is 0 Å². The van der Waals surface area contributed by atoms with E-state index in [1.54, 1.807) is 60.7 Å². The molecule has 2 amide bonds. The largest absolute Gasteiger partial charge is 0.455 e. The Balaban J connectivity index is 1.38. The first-order valence-electron chi connectivity index (χ1n) is 12.5. The van der Waals surface area contributed by atoms with Crippen LogP contribution >= 0.6 is 0 Å². The summed E-state index contributed by atoms with van der Waals surface area (Å²) in [7, 11) is 0. The topological polar surface area (TPSA) is 87.7 Å². The van der Waals surface area contributed by atoms with Gasteiger partial charge in [0.1, 0.15) is 11.9 Å². The van der Waals surface area contributed by atoms with Gasteiger partial charge in [-0.1, -0.05) is 36.4 Å². The van der Waals surface area contributed by atoms with Crippen molar-refractivity contribution in [1.29, 1.82) is 0 Å². The van der Waals surface area contributed by atoms with E-state index in [1.165, 1.54) is 23.2 Å². The Kier molecular flexibility index (Phi) is 6.33. The van der Waals surface area contributed by atoms with Crippen molar-refractivity contribution in [2.24, 2.45) is 0 Å². The highest BCUT2D eigenvalue weighted by atomic mass is 19.4. The van der Waals surface area contributed by atoms with E-state index in [4.69, 9.17) is 4.74 Å². The molecule has 4 aromatic rings. The number of hydrogen-bond acceptors (Lipinski definition) is 6. The van der Waals surface area contributed by atoms with Crippen molar-refractivity contribution in [3.8, 4) is 11.3 Å². The standard InChI is InChI=1S/C29H22F3N5O3/c30-29(31,32)20-10-6-9-19(15-20)21-12-13-22-26(34-21)37(28(39)35-25-11-4-5-14-33-25)23-16-36(22)17-24(23)40-27(38)18-7-2-1-3-8-18/h1-15,23-24H,16-17H2,(H,33,35,39)/t23-,24+/m0/s1. The molecular formula is C29H22F3N5O3. The Morgan fingerprint density at radius 1 is 0.925 bits per heavy atom. The van der Waals surface area contributed by atoms with Gasteiger partial charge in [-0.25, -0.2) is 19.6 Å². The summed E-state index contributed by atoms with van der Waals surface area (Å²) < 4.78 is 46.0. The second-order valence-corrected chi connectivity index (χ2v) is 9.42. The predicted octanol–water partition coefficient (Wildman–Crippen LogP) is 5.63. The fourth-order valence-electron chi connectivity index (χ4n) is 4.99. The molecular weight excluding hydrogens is 523 g/mol. The Morgan fingerprint density at radius 2 is 1.73 bits per heavy atom. The number of nitrogens with zero attached hydrogens (tertiary/aromatic N) is 4. The average Bonchev–Trinajstić information content (AvgIpc) is 3.31. The second kappa shape index (κ2) is 9.99. The Hall–Kier alpha value is -4.93. The van der Waals surface area contributed by atoms with Crippen LogP contribution in [0.25, 0.3) is 11.3 Å². The third kappa shape index (κ3) is 4.81. The van der Waals surface area contributed by atoms with E-state index in [2.05, 4.69) is 15.3 Å². The van der Waals surface area contributed by atoms with Gasteiger partial charge in [-0.05, 0) is 48.5 Å². The molecule has 0 spiro atoms. The van der Waals surface area contributed by atoms with Crippen LogP contribution in [0.15, 0.2) is 91.1 Å². The third-order valence-corrected chi connectivity index (χ3v) is 6.86. The number of pyridine rings is 2. The highest BCUT2D eigenvalue weighted by Gasteiger charge is 2.48. The molecule has 0 saturated carbocycles. The average molecular weight is 546 g/mol. The predicted molar refractivity (Wildman–Crippen MR) is 142 cm³/mol. The zero-order valence-electron chi connectivity index (χ0n) is 20.9. The maximum atomic E-state index is 13.7. The molecule has 6 rings (SSSR count). The van der Waals surface area contributed by atoms with Crippen LogP contribution in [-0.4, -0.2) is 47.2 Å². The van der Waals surface area contributed by atoms with Crippen molar-refractivity contribution in [2.45, 2.75) is 18.3 Å². The van der Waals surface area contributed by atoms with Gasteiger partial charge in [0, 0.05) is 18.3 Å². The summed E-state index contributed by atoms with van der Waals surface area (Å²) in [6.07, 6.45) is -3.67. The number of rotatable bonds is 4. The van der Waals surface area contributed by atoms with Crippen molar-refractivity contribution in [2.75, 3.05) is 28.2 Å². The molecule has 0 radical (unpaired) electrons. The number of esters is 1. The molecule has 202 valence electrons. The first-order chi connectivity index (χ1) is 19.3. The molecule has 2 aromatic carbocycles. The van der Waals surface area contributed by atoms with Crippen molar-refractivity contribution < 1.29 is 27.5 Å². The third-order valence-electron chi connectivity index (χ3n) is 6.86. The van der Waals surface area contributed by atoms with Crippen LogP contribution in [-0.2, 0) is 10.9 Å². The van der Waals surface area contributed by atoms with E-state index in [0.717, 1.165) is 12.1 Å². The molecule has 8 nitrogen and oxygen atoms in total. The maximum absolute atomic E-state index is 13.7. The van der Waals surface area contributed by atoms with Crippen LogP contribution in [0.1, 0.15) is 15.9 Å². The van der Waals surface area contributed by atoms with Gasteiger partial charge >= 0.3 is 18.2 Å². The highest BCUT2D eigenvalue weighted by Crippen LogP contribution is 2.42. The van der Waals surface area contributed by atoms with Gasteiger partial charge in [0.05, 0.1) is 35.1 Å². The minimum Gasteiger partial charge on any atom is -0.455 e. The number of halogens is 3. The fourth-order valence-corrected chi connectivity index (χ4v) is 4.99. The van der Waals surface area contributed by atoms with Crippen molar-refractivity contribution >= 4 is 29.3 Å². The zero-order chi connectivity index (χ0) is 27.9. The summed E-state index contributed by atoms with van der Waals surface area (Å²) in [4.78, 5) is 38.8. The summed E-state index contributed by atoms with van der Waals surface area (Å²) in [5, 5.41) is 2.76. The number of nitrogens with one attached hydrogen (secondary N) is 1. The van der Waals surface area contributed by atoms with E-state index in [-0.39, 0.29) is 17.1 Å². The van der Waals surface area contributed by atoms with Gasteiger partial charge in [-0.2, -0.15) is 13.2 Å².